The summed E-state index contributed by atoms with van der Waals surface area (Å²) in [6, 6.07) is 19.8. The summed E-state index contributed by atoms with van der Waals surface area (Å²) in [4.78, 5) is 22.1. The zero-order chi connectivity index (χ0) is 42.5. The highest BCUT2D eigenvalue weighted by molar-refractivity contribution is 8.24. The van der Waals surface area contributed by atoms with E-state index < -0.39 is 13.0 Å². The predicted molar refractivity (Wildman–Crippen MR) is 238 cm³/mol. The Hall–Kier alpha value is -1.24. The number of fused-ring (bicyclic) bond motifs is 6. The molecule has 0 aliphatic heterocycles. The number of aliphatic hydroxyl groups excluding tert-OH is 1. The second kappa shape index (κ2) is 19.6. The van der Waals surface area contributed by atoms with Crippen LogP contribution in [0.5, 0.6) is 0 Å². The number of halogens is 3. The van der Waals surface area contributed by atoms with Gasteiger partial charge in [-0.25, -0.2) is 4.57 Å². The van der Waals surface area contributed by atoms with Gasteiger partial charge in [0.1, 0.15) is 0 Å². The van der Waals surface area contributed by atoms with Crippen molar-refractivity contribution in [1.29, 1.82) is 0 Å². The summed E-state index contributed by atoms with van der Waals surface area (Å²) in [7, 11) is -4.43. The molecule has 2 saturated carbocycles. The number of aryl methyl sites for hydroxylation is 2. The van der Waals surface area contributed by atoms with Crippen LogP contribution in [0.4, 0.5) is 0 Å². The van der Waals surface area contributed by atoms with Gasteiger partial charge in [0.15, 0.2) is 0 Å². The Morgan fingerprint density at radius 2 is 1.14 bits per heavy atom. The van der Waals surface area contributed by atoms with Gasteiger partial charge in [0, 0.05) is 19.0 Å². The monoisotopic (exact) mass is 883 g/mol. The first kappa shape index (κ1) is 48.4. The van der Waals surface area contributed by atoms with E-state index in [1.807, 2.05) is 18.2 Å². The van der Waals surface area contributed by atoms with Gasteiger partial charge in [-0.3, -0.25) is 14.1 Å². The molecule has 3 aromatic rings. The minimum atomic E-state index is -4.43. The lowest BCUT2D eigenvalue weighted by Gasteiger charge is -2.55. The predicted octanol–water partition coefficient (Wildman–Crippen LogP) is 13.6. The van der Waals surface area contributed by atoms with E-state index in [4.69, 9.17) is 14.3 Å². The molecule has 7 nitrogen and oxygen atoms in total. The van der Waals surface area contributed by atoms with Crippen LogP contribution in [0.15, 0.2) is 67.0 Å². The molecule has 0 spiro atoms. The largest absolute Gasteiger partial charge is 0.469 e. The van der Waals surface area contributed by atoms with E-state index in [1.54, 1.807) is 23.5 Å². The molecule has 2 aromatic carbocycles. The van der Waals surface area contributed by atoms with Crippen molar-refractivity contribution in [2.24, 2.45) is 22.7 Å². The lowest BCUT2D eigenvalue weighted by molar-refractivity contribution is -0.0179. The van der Waals surface area contributed by atoms with Crippen molar-refractivity contribution in [2.45, 2.75) is 142 Å². The number of aromatic nitrogens is 1. The molecule has 4 aliphatic rings. The van der Waals surface area contributed by atoms with E-state index in [2.05, 4.69) is 130 Å². The fourth-order valence-corrected chi connectivity index (χ4v) is 11.4. The number of rotatable bonds is 6. The molecule has 318 valence electrons. The minimum Gasteiger partial charge on any atom is -0.396 e. The summed E-state index contributed by atoms with van der Waals surface area (Å²) in [5.74, 6) is 2.15. The summed E-state index contributed by atoms with van der Waals surface area (Å²) >= 11 is 13.8. The van der Waals surface area contributed by atoms with E-state index >= 15 is 0 Å². The molecule has 0 bridgehead atoms. The molecule has 1 heterocycles. The highest BCUT2D eigenvalue weighted by Gasteiger charge is 2.53. The third kappa shape index (κ3) is 12.4. The maximum atomic E-state index is 11.2. The van der Waals surface area contributed by atoms with Gasteiger partial charge >= 0.3 is 13.0 Å². The first-order chi connectivity index (χ1) is 26.5. The summed E-state index contributed by atoms with van der Waals surface area (Å²) < 4.78 is 25.7. The van der Waals surface area contributed by atoms with Crippen molar-refractivity contribution in [3.63, 3.8) is 0 Å². The number of nitrogens with zero attached hydrogens (tertiary/aromatic N) is 1. The van der Waals surface area contributed by atoms with Crippen LogP contribution in [0.25, 0.3) is 0 Å². The van der Waals surface area contributed by atoms with E-state index in [0.29, 0.717) is 30.3 Å². The number of hydrogen-bond donors (Lipinski definition) is 3. The Bertz CT molecular complexity index is 1840. The highest BCUT2D eigenvalue weighted by atomic mass is 36.0. The summed E-state index contributed by atoms with van der Waals surface area (Å²) in [6.07, 6.45) is 14.9. The van der Waals surface area contributed by atoms with Gasteiger partial charge in [-0.05, 0) is 176 Å². The number of pyridine rings is 1. The molecule has 1 aromatic heterocycles. The highest BCUT2D eigenvalue weighted by Crippen LogP contribution is 2.62. The maximum Gasteiger partial charge on any atom is 0.469 e. The van der Waals surface area contributed by atoms with Gasteiger partial charge in [0.05, 0.1) is 6.61 Å². The molecule has 12 heteroatoms. The normalized spacial score (nSPS) is 29.1. The van der Waals surface area contributed by atoms with E-state index in [9.17, 15) is 14.2 Å². The van der Waals surface area contributed by atoms with Crippen LogP contribution < -0.4 is 0 Å². The summed E-state index contributed by atoms with van der Waals surface area (Å²) in [5.41, 5.74) is 9.16. The summed E-state index contributed by atoms with van der Waals surface area (Å²) in [6.45, 7) is 18.7. The zero-order valence-corrected chi connectivity index (χ0v) is 39.2. The second-order valence-electron chi connectivity index (χ2n) is 18.5. The van der Waals surface area contributed by atoms with Crippen molar-refractivity contribution in [1.82, 2.24) is 4.98 Å². The third-order valence-corrected chi connectivity index (χ3v) is 14.3. The molecule has 57 heavy (non-hydrogen) atoms. The summed E-state index contributed by atoms with van der Waals surface area (Å²) in [5, 5.41) is 6.75. The zero-order valence-electron chi connectivity index (χ0n) is 35.2. The molecule has 6 atom stereocenters. The molecule has 0 unspecified atom stereocenters. The molecule has 2 fully saturated rings. The van der Waals surface area contributed by atoms with E-state index in [0.717, 1.165) is 32.1 Å². The molecule has 7 rings (SSSR count). The fraction of sp³-hybridized carbons (Fsp3) is 0.622. The SMILES string of the molecule is CC(C)c1ccc2c(c1)CC[C@H]1[C@](C)(CO)CCC[C@]21C.CC(C)c1ccc2c(c1)CC[C@H]1[C@](C)(COP(=O)(O)O)CCC[C@]21C.O=P(Cl)(Cl)Cl.c1ccncc1. The van der Waals surface area contributed by atoms with Gasteiger partial charge < -0.3 is 14.9 Å². The van der Waals surface area contributed by atoms with Gasteiger partial charge in [0.2, 0.25) is 0 Å². The van der Waals surface area contributed by atoms with Crippen molar-refractivity contribution in [3.05, 3.63) is 100 Å². The molecule has 0 radical (unpaired) electrons. The lowest BCUT2D eigenvalue weighted by atomic mass is 9.50. The van der Waals surface area contributed by atoms with Crippen LogP contribution in [-0.2, 0) is 37.3 Å². The van der Waals surface area contributed by atoms with Crippen LogP contribution in [0.1, 0.15) is 152 Å². The van der Waals surface area contributed by atoms with Crippen LogP contribution >= 0.6 is 46.7 Å². The minimum absolute atomic E-state index is 0.0638. The van der Waals surface area contributed by atoms with Gasteiger partial charge in [-0.15, -0.1) is 0 Å². The molecular weight excluding hydrogens is 819 g/mol. The smallest absolute Gasteiger partial charge is 0.396 e. The number of hydrogen-bond acceptors (Lipinski definition) is 5. The van der Waals surface area contributed by atoms with Crippen molar-refractivity contribution in [2.75, 3.05) is 13.2 Å². The Morgan fingerprint density at radius 3 is 1.49 bits per heavy atom. The molecule has 4 aliphatic carbocycles. The Kier molecular flexibility index (Phi) is 16.7. The molecule has 3 N–H and O–H groups in total. The average Bonchev–Trinajstić information content (AvgIpc) is 3.14. The number of benzene rings is 2. The third-order valence-electron chi connectivity index (χ3n) is 13.8. The first-order valence-corrected chi connectivity index (χ1v) is 26.5. The second-order valence-corrected chi connectivity index (χ2v) is 26.4. The standard InChI is InChI=1S/C20H31O4P.C20H30O.C5H5N.Cl3OP/c1-14(2)15-6-8-17-16(12-15)7-9-18-19(3,13-24-25(21,22)23)10-5-11-20(17,18)4;1-14(2)15-6-8-17-16(12-15)7-9-18-19(3,13-21)10-5-11-20(17,18)4;1-2-4-6-5-3-1;1-5(2,3)4/h6,8,12,14,18H,5,7,9-11,13H2,1-4H3,(H2,21,22,23);6,8,12,14,18,21H,5,7,9-11,13H2,1-4H3;1-5H;/t2*18-,19-,20+;;/m00../s1. The molecule has 0 saturated heterocycles. The Morgan fingerprint density at radius 1 is 0.719 bits per heavy atom. The number of aliphatic hydroxyl groups is 1. The Labute approximate surface area is 357 Å². The van der Waals surface area contributed by atoms with Gasteiger partial charge in [-0.2, -0.15) is 0 Å². The van der Waals surface area contributed by atoms with Gasteiger partial charge in [0.25, 0.3) is 0 Å². The van der Waals surface area contributed by atoms with Crippen molar-refractivity contribution in [3.8, 4) is 0 Å². The van der Waals surface area contributed by atoms with Crippen molar-refractivity contribution < 1.29 is 28.5 Å². The fourth-order valence-electron chi connectivity index (χ4n) is 10.9. The number of phosphoric acid groups is 1. The topological polar surface area (TPSA) is 117 Å². The van der Waals surface area contributed by atoms with Gasteiger partial charge in [-0.1, -0.05) is 111 Å². The maximum absolute atomic E-state index is 11.2. The molecular formula is C45H66Cl3NO6P2. The van der Waals surface area contributed by atoms with E-state index in [-0.39, 0.29) is 28.3 Å². The quantitative estimate of drug-likeness (QED) is 0.211. The average molecular weight is 885 g/mol. The van der Waals surface area contributed by atoms with Crippen molar-refractivity contribution >= 4 is 46.7 Å². The molecule has 0 amide bonds. The van der Waals surface area contributed by atoms with Crippen LogP contribution in [0, 0.1) is 22.7 Å². The van der Waals surface area contributed by atoms with E-state index in [1.165, 1.54) is 54.4 Å². The van der Waals surface area contributed by atoms with Crippen LogP contribution in [0.2, 0.25) is 0 Å². The first-order valence-electron chi connectivity index (χ1n) is 20.6. The van der Waals surface area contributed by atoms with Crippen LogP contribution in [0.3, 0.4) is 0 Å². The van der Waals surface area contributed by atoms with Crippen LogP contribution in [-0.4, -0.2) is 33.1 Å². The Balaban J connectivity index is 0.000000201. The number of phosphoric ester groups is 1. The lowest BCUT2D eigenvalue weighted by Crippen LogP contribution is -2.50.